The Morgan fingerprint density at radius 3 is 3.05 bits per heavy atom. The van der Waals surface area contributed by atoms with Gasteiger partial charge in [-0.05, 0) is 43.5 Å². The summed E-state index contributed by atoms with van der Waals surface area (Å²) >= 11 is 0. The number of rotatable bonds is 2. The Hall–Kier alpha value is -2.03. The number of aromatic nitrogens is 1. The van der Waals surface area contributed by atoms with Crippen molar-refractivity contribution in [1.29, 1.82) is 0 Å². The molecule has 0 saturated carbocycles. The van der Waals surface area contributed by atoms with Crippen LogP contribution in [-0.2, 0) is 6.42 Å². The number of Topliss-reactive ketones (excluding diaryl/α,β-unsaturated/α-hetero) is 1. The van der Waals surface area contributed by atoms with E-state index in [2.05, 4.69) is 4.98 Å². The van der Waals surface area contributed by atoms with Crippen molar-refractivity contribution < 1.29 is 9.18 Å². The molecule has 96 valence electrons. The minimum atomic E-state index is -0.444. The van der Waals surface area contributed by atoms with Gasteiger partial charge < -0.3 is 0 Å². The van der Waals surface area contributed by atoms with Crippen molar-refractivity contribution in [3.05, 3.63) is 64.7 Å². The second kappa shape index (κ2) is 4.57. The summed E-state index contributed by atoms with van der Waals surface area (Å²) in [6, 6.07) is 8.52. The van der Waals surface area contributed by atoms with Gasteiger partial charge in [0.25, 0.3) is 0 Å². The average molecular weight is 255 g/mol. The maximum Gasteiger partial charge on any atom is 0.174 e. The Kier molecular flexibility index (Phi) is 2.90. The van der Waals surface area contributed by atoms with E-state index in [4.69, 9.17) is 0 Å². The van der Waals surface area contributed by atoms with Gasteiger partial charge in [0.2, 0.25) is 0 Å². The molecule has 0 saturated heterocycles. The van der Waals surface area contributed by atoms with Crippen LogP contribution in [-0.4, -0.2) is 10.8 Å². The largest absolute Gasteiger partial charge is 0.293 e. The average Bonchev–Trinajstić information content (AvgIpc) is 2.84. The van der Waals surface area contributed by atoms with Gasteiger partial charge in [-0.1, -0.05) is 17.7 Å². The van der Waals surface area contributed by atoms with Gasteiger partial charge in [0.1, 0.15) is 5.82 Å². The van der Waals surface area contributed by atoms with Crippen LogP contribution in [0.25, 0.3) is 0 Å². The number of carbonyl (C=O) groups is 1. The van der Waals surface area contributed by atoms with Gasteiger partial charge in [-0.15, -0.1) is 0 Å². The predicted octanol–water partition coefficient (Wildman–Crippen LogP) is 3.44. The third-order valence-corrected chi connectivity index (χ3v) is 3.66. The molecule has 2 nitrogen and oxygen atoms in total. The molecule has 3 heteroatoms. The van der Waals surface area contributed by atoms with E-state index in [1.54, 1.807) is 18.3 Å². The lowest BCUT2D eigenvalue weighted by Gasteiger charge is -2.10. The highest BCUT2D eigenvalue weighted by atomic mass is 19.1. The maximum absolute atomic E-state index is 13.8. The molecular weight excluding hydrogens is 241 g/mol. The van der Waals surface area contributed by atoms with Crippen molar-refractivity contribution in [3.63, 3.8) is 0 Å². The summed E-state index contributed by atoms with van der Waals surface area (Å²) < 4.78 is 13.8. The maximum atomic E-state index is 13.8. The Balaban J connectivity index is 2.00. The molecule has 1 unspecified atom stereocenters. The number of hydrogen-bond donors (Lipinski definition) is 0. The lowest BCUT2D eigenvalue weighted by atomic mass is 9.94. The quantitative estimate of drug-likeness (QED) is 0.769. The number of hydrogen-bond acceptors (Lipinski definition) is 2. The standard InChI is InChI=1S/C16H14FNO/c1-10-4-7-14(17)13(9-10)16(19)12-6-5-11-3-2-8-18-15(11)12/h2-4,7-9,12H,5-6H2,1H3. The Morgan fingerprint density at radius 1 is 1.37 bits per heavy atom. The summed E-state index contributed by atoms with van der Waals surface area (Å²) in [5, 5.41) is 0. The first kappa shape index (κ1) is 12.0. The molecule has 19 heavy (non-hydrogen) atoms. The Labute approximate surface area is 111 Å². The fraction of sp³-hybridized carbons (Fsp3) is 0.250. The molecule has 0 bridgehead atoms. The molecular formula is C16H14FNO. The van der Waals surface area contributed by atoms with Crippen LogP contribution < -0.4 is 0 Å². The van der Waals surface area contributed by atoms with Crippen molar-refractivity contribution in [2.24, 2.45) is 0 Å². The zero-order chi connectivity index (χ0) is 13.4. The van der Waals surface area contributed by atoms with Crippen LogP contribution in [0.15, 0.2) is 36.5 Å². The Bertz CT molecular complexity index is 651. The minimum absolute atomic E-state index is 0.154. The van der Waals surface area contributed by atoms with Crippen molar-refractivity contribution in [2.75, 3.05) is 0 Å². The fourth-order valence-corrected chi connectivity index (χ4v) is 2.68. The van der Waals surface area contributed by atoms with Gasteiger partial charge in [0, 0.05) is 6.20 Å². The van der Waals surface area contributed by atoms with Crippen LogP contribution in [0.2, 0.25) is 0 Å². The van der Waals surface area contributed by atoms with Gasteiger partial charge in [0.05, 0.1) is 17.2 Å². The van der Waals surface area contributed by atoms with E-state index in [0.29, 0.717) is 0 Å². The summed E-state index contributed by atoms with van der Waals surface area (Å²) in [7, 11) is 0. The SMILES string of the molecule is Cc1ccc(F)c(C(=O)C2CCc3cccnc32)c1. The first-order chi connectivity index (χ1) is 9.16. The van der Waals surface area contributed by atoms with Crippen molar-refractivity contribution >= 4 is 5.78 Å². The number of carbonyl (C=O) groups excluding carboxylic acids is 1. The molecule has 1 atom stereocenters. The number of halogens is 1. The Morgan fingerprint density at radius 2 is 2.21 bits per heavy atom. The molecule has 1 heterocycles. The summed E-state index contributed by atoms with van der Waals surface area (Å²) in [5.74, 6) is -0.897. The van der Waals surface area contributed by atoms with Crippen molar-refractivity contribution in [2.45, 2.75) is 25.7 Å². The smallest absolute Gasteiger partial charge is 0.174 e. The summed E-state index contributed by atoms with van der Waals surface area (Å²) in [6.07, 6.45) is 3.25. The van der Waals surface area contributed by atoms with Gasteiger partial charge in [-0.2, -0.15) is 0 Å². The highest BCUT2D eigenvalue weighted by Crippen LogP contribution is 2.34. The lowest BCUT2D eigenvalue weighted by molar-refractivity contribution is 0.0954. The van der Waals surface area contributed by atoms with Crippen LogP contribution in [0.3, 0.4) is 0 Å². The van der Waals surface area contributed by atoms with E-state index in [1.165, 1.54) is 6.07 Å². The second-order valence-corrected chi connectivity index (χ2v) is 4.99. The van der Waals surface area contributed by atoms with Crippen molar-refractivity contribution in [1.82, 2.24) is 4.98 Å². The number of fused-ring (bicyclic) bond motifs is 1. The number of ketones is 1. The van der Waals surface area contributed by atoms with E-state index in [-0.39, 0.29) is 17.3 Å². The molecule has 2 aromatic rings. The topological polar surface area (TPSA) is 30.0 Å². The molecule has 0 aliphatic heterocycles. The molecule has 3 rings (SSSR count). The number of aryl methyl sites for hydroxylation is 2. The van der Waals surface area contributed by atoms with E-state index >= 15 is 0 Å². The fourth-order valence-electron chi connectivity index (χ4n) is 2.68. The van der Waals surface area contributed by atoms with Gasteiger partial charge >= 0.3 is 0 Å². The zero-order valence-corrected chi connectivity index (χ0v) is 10.7. The molecule has 0 spiro atoms. The highest BCUT2D eigenvalue weighted by molar-refractivity contribution is 6.01. The molecule has 0 amide bonds. The number of benzene rings is 1. The first-order valence-corrected chi connectivity index (χ1v) is 6.41. The molecule has 1 aliphatic carbocycles. The lowest BCUT2D eigenvalue weighted by Crippen LogP contribution is -2.13. The molecule has 0 N–H and O–H groups in total. The van der Waals surface area contributed by atoms with Gasteiger partial charge in [-0.3, -0.25) is 9.78 Å². The molecule has 0 fully saturated rings. The number of nitrogens with zero attached hydrogens (tertiary/aromatic N) is 1. The summed E-state index contributed by atoms with van der Waals surface area (Å²) in [6.45, 7) is 1.86. The minimum Gasteiger partial charge on any atom is -0.293 e. The zero-order valence-electron chi connectivity index (χ0n) is 10.7. The van der Waals surface area contributed by atoms with E-state index < -0.39 is 5.82 Å². The van der Waals surface area contributed by atoms with Gasteiger partial charge in [0.15, 0.2) is 5.78 Å². The van der Waals surface area contributed by atoms with Gasteiger partial charge in [-0.25, -0.2) is 4.39 Å². The van der Waals surface area contributed by atoms with Crippen LogP contribution in [0.5, 0.6) is 0 Å². The first-order valence-electron chi connectivity index (χ1n) is 6.41. The molecule has 1 aromatic carbocycles. The monoisotopic (exact) mass is 255 g/mol. The van der Waals surface area contributed by atoms with Crippen LogP contribution in [0, 0.1) is 12.7 Å². The normalized spacial score (nSPS) is 17.3. The van der Waals surface area contributed by atoms with Crippen LogP contribution >= 0.6 is 0 Å². The van der Waals surface area contributed by atoms with E-state index in [9.17, 15) is 9.18 Å². The summed E-state index contributed by atoms with van der Waals surface area (Å²) in [4.78, 5) is 16.8. The highest BCUT2D eigenvalue weighted by Gasteiger charge is 2.31. The van der Waals surface area contributed by atoms with Crippen LogP contribution in [0.4, 0.5) is 4.39 Å². The third-order valence-electron chi connectivity index (χ3n) is 3.66. The second-order valence-electron chi connectivity index (χ2n) is 4.99. The molecule has 0 radical (unpaired) electrons. The van der Waals surface area contributed by atoms with E-state index in [1.807, 2.05) is 19.1 Å². The number of pyridine rings is 1. The van der Waals surface area contributed by atoms with Crippen LogP contribution in [0.1, 0.15) is 39.5 Å². The predicted molar refractivity (Wildman–Crippen MR) is 70.8 cm³/mol. The van der Waals surface area contributed by atoms with Crippen molar-refractivity contribution in [3.8, 4) is 0 Å². The molecule has 1 aromatic heterocycles. The molecule has 1 aliphatic rings. The summed E-state index contributed by atoms with van der Waals surface area (Å²) in [5.41, 5.74) is 3.00. The van der Waals surface area contributed by atoms with E-state index in [0.717, 1.165) is 29.7 Å². The third kappa shape index (κ3) is 2.05.